The van der Waals surface area contributed by atoms with Crippen LogP contribution in [-0.4, -0.2) is 26.3 Å². The highest BCUT2D eigenvalue weighted by Crippen LogP contribution is 2.26. The summed E-state index contributed by atoms with van der Waals surface area (Å²) in [6.07, 6.45) is 0. The quantitative estimate of drug-likeness (QED) is 0.718. The lowest BCUT2D eigenvalue weighted by Gasteiger charge is -2.30. The molecule has 1 aliphatic rings. The SMILES string of the molecule is CC(C)(C)c1cc[c]c(N2CCOCC2)c1. The maximum absolute atomic E-state index is 5.36. The van der Waals surface area contributed by atoms with Gasteiger partial charge in [-0.25, -0.2) is 0 Å². The second kappa shape index (κ2) is 4.46. The molecule has 1 fully saturated rings. The molecule has 0 atom stereocenters. The van der Waals surface area contributed by atoms with Gasteiger partial charge >= 0.3 is 0 Å². The van der Waals surface area contributed by atoms with Gasteiger partial charge in [-0.2, -0.15) is 0 Å². The van der Waals surface area contributed by atoms with Crippen molar-refractivity contribution < 1.29 is 4.74 Å². The summed E-state index contributed by atoms with van der Waals surface area (Å²) in [7, 11) is 0. The smallest absolute Gasteiger partial charge is 0.0642 e. The van der Waals surface area contributed by atoms with Gasteiger partial charge in [-0.05, 0) is 17.0 Å². The van der Waals surface area contributed by atoms with E-state index < -0.39 is 0 Å². The van der Waals surface area contributed by atoms with Crippen LogP contribution in [-0.2, 0) is 10.2 Å². The van der Waals surface area contributed by atoms with Crippen molar-refractivity contribution in [3.63, 3.8) is 0 Å². The summed E-state index contributed by atoms with van der Waals surface area (Å²) >= 11 is 0. The molecular weight excluding hydrogens is 198 g/mol. The molecule has 1 aliphatic heterocycles. The first kappa shape index (κ1) is 11.5. The molecule has 0 amide bonds. The molecule has 0 aromatic heterocycles. The van der Waals surface area contributed by atoms with Crippen LogP contribution < -0.4 is 4.90 Å². The largest absolute Gasteiger partial charge is 0.378 e. The normalized spacial score (nSPS) is 17.6. The summed E-state index contributed by atoms with van der Waals surface area (Å²) in [5.74, 6) is 0. The molecule has 1 aromatic rings. The van der Waals surface area contributed by atoms with Crippen LogP contribution in [0.2, 0.25) is 0 Å². The Balaban J connectivity index is 2.21. The molecule has 87 valence electrons. The minimum absolute atomic E-state index is 0.205. The average Bonchev–Trinajstić information content (AvgIpc) is 2.29. The first-order chi connectivity index (χ1) is 7.57. The molecule has 0 N–H and O–H groups in total. The Morgan fingerprint density at radius 1 is 1.25 bits per heavy atom. The predicted octanol–water partition coefficient (Wildman–Crippen LogP) is 2.62. The highest BCUT2D eigenvalue weighted by Gasteiger charge is 2.16. The first-order valence-electron chi connectivity index (χ1n) is 5.92. The van der Waals surface area contributed by atoms with Crippen molar-refractivity contribution in [3.8, 4) is 0 Å². The summed E-state index contributed by atoms with van der Waals surface area (Å²) in [5, 5.41) is 0. The third-order valence-electron chi connectivity index (χ3n) is 3.00. The molecule has 1 heterocycles. The van der Waals surface area contributed by atoms with E-state index >= 15 is 0 Å². The molecule has 0 saturated carbocycles. The zero-order valence-electron chi connectivity index (χ0n) is 10.4. The summed E-state index contributed by atoms with van der Waals surface area (Å²) < 4.78 is 5.36. The Morgan fingerprint density at radius 3 is 2.56 bits per heavy atom. The number of ether oxygens (including phenoxy) is 1. The van der Waals surface area contributed by atoms with Crippen molar-refractivity contribution in [2.45, 2.75) is 26.2 Å². The Morgan fingerprint density at radius 2 is 1.94 bits per heavy atom. The van der Waals surface area contributed by atoms with Gasteiger partial charge in [-0.15, -0.1) is 0 Å². The van der Waals surface area contributed by atoms with E-state index in [-0.39, 0.29) is 5.41 Å². The molecular formula is C14H20NO. The van der Waals surface area contributed by atoms with E-state index in [0.717, 1.165) is 26.3 Å². The lowest BCUT2D eigenvalue weighted by Crippen LogP contribution is -2.36. The fraction of sp³-hybridized carbons (Fsp3) is 0.571. The molecule has 2 rings (SSSR count). The van der Waals surface area contributed by atoms with E-state index in [1.807, 2.05) is 6.07 Å². The van der Waals surface area contributed by atoms with E-state index in [1.54, 1.807) is 0 Å². The van der Waals surface area contributed by atoms with Crippen molar-refractivity contribution in [3.05, 3.63) is 29.8 Å². The van der Waals surface area contributed by atoms with Crippen molar-refractivity contribution in [1.82, 2.24) is 0 Å². The minimum Gasteiger partial charge on any atom is -0.378 e. The van der Waals surface area contributed by atoms with Crippen LogP contribution in [0.15, 0.2) is 18.2 Å². The predicted molar refractivity (Wildman–Crippen MR) is 67.0 cm³/mol. The van der Waals surface area contributed by atoms with Crippen molar-refractivity contribution >= 4 is 5.69 Å². The zero-order chi connectivity index (χ0) is 11.6. The van der Waals surface area contributed by atoms with Gasteiger partial charge in [0.2, 0.25) is 0 Å². The van der Waals surface area contributed by atoms with Crippen molar-refractivity contribution in [1.29, 1.82) is 0 Å². The van der Waals surface area contributed by atoms with Crippen LogP contribution in [0.5, 0.6) is 0 Å². The van der Waals surface area contributed by atoms with Crippen molar-refractivity contribution in [2.75, 3.05) is 31.2 Å². The van der Waals surface area contributed by atoms with Crippen LogP contribution in [0.4, 0.5) is 5.69 Å². The third-order valence-corrected chi connectivity index (χ3v) is 3.00. The van der Waals surface area contributed by atoms with Gasteiger partial charge in [0.15, 0.2) is 0 Å². The minimum atomic E-state index is 0.205. The molecule has 2 heteroatoms. The highest BCUT2D eigenvalue weighted by molar-refractivity contribution is 5.49. The number of benzene rings is 1. The van der Waals surface area contributed by atoms with Crippen LogP contribution in [0.3, 0.4) is 0 Å². The van der Waals surface area contributed by atoms with Gasteiger partial charge in [-0.1, -0.05) is 32.9 Å². The molecule has 1 saturated heterocycles. The molecule has 2 nitrogen and oxygen atoms in total. The second-order valence-corrected chi connectivity index (χ2v) is 5.31. The van der Waals surface area contributed by atoms with Crippen LogP contribution >= 0.6 is 0 Å². The summed E-state index contributed by atoms with van der Waals surface area (Å²) in [6.45, 7) is 10.3. The topological polar surface area (TPSA) is 12.5 Å². The molecule has 1 radical (unpaired) electrons. The number of morpholine rings is 1. The monoisotopic (exact) mass is 218 g/mol. The Hall–Kier alpha value is -1.02. The second-order valence-electron chi connectivity index (χ2n) is 5.31. The molecule has 0 aliphatic carbocycles. The lowest BCUT2D eigenvalue weighted by atomic mass is 9.87. The van der Waals surface area contributed by atoms with E-state index in [1.165, 1.54) is 11.3 Å². The molecule has 16 heavy (non-hydrogen) atoms. The third kappa shape index (κ3) is 2.56. The summed E-state index contributed by atoms with van der Waals surface area (Å²) in [5.41, 5.74) is 2.78. The Kier molecular flexibility index (Phi) is 3.20. The van der Waals surface area contributed by atoms with Gasteiger partial charge in [-0.3, -0.25) is 0 Å². The van der Waals surface area contributed by atoms with Crippen LogP contribution in [0, 0.1) is 6.07 Å². The van der Waals surface area contributed by atoms with Gasteiger partial charge in [0, 0.05) is 24.8 Å². The standard InChI is InChI=1S/C14H20NO/c1-14(2,3)12-5-4-6-13(11-12)15-7-9-16-10-8-15/h4-5,11H,7-10H2,1-3H3. The van der Waals surface area contributed by atoms with Gasteiger partial charge < -0.3 is 9.64 Å². The maximum atomic E-state index is 5.36. The van der Waals surface area contributed by atoms with Crippen LogP contribution in [0.1, 0.15) is 26.3 Å². The Bertz CT molecular complexity index is 348. The molecule has 1 aromatic carbocycles. The highest BCUT2D eigenvalue weighted by atomic mass is 16.5. The molecule has 0 bridgehead atoms. The van der Waals surface area contributed by atoms with Gasteiger partial charge in [0.25, 0.3) is 0 Å². The van der Waals surface area contributed by atoms with Crippen molar-refractivity contribution in [2.24, 2.45) is 0 Å². The average molecular weight is 218 g/mol. The number of rotatable bonds is 1. The lowest BCUT2D eigenvalue weighted by molar-refractivity contribution is 0.122. The Labute approximate surface area is 98.2 Å². The number of hydrogen-bond donors (Lipinski definition) is 0. The number of anilines is 1. The number of nitrogens with zero attached hydrogens (tertiary/aromatic N) is 1. The molecule has 0 unspecified atom stereocenters. The molecule has 0 spiro atoms. The van der Waals surface area contributed by atoms with Gasteiger partial charge in [0.1, 0.15) is 0 Å². The van der Waals surface area contributed by atoms with E-state index in [2.05, 4.69) is 43.9 Å². The fourth-order valence-electron chi connectivity index (χ4n) is 1.91. The van der Waals surface area contributed by atoms with E-state index in [9.17, 15) is 0 Å². The fourth-order valence-corrected chi connectivity index (χ4v) is 1.91. The van der Waals surface area contributed by atoms with Crippen LogP contribution in [0.25, 0.3) is 0 Å². The van der Waals surface area contributed by atoms with E-state index in [0.29, 0.717) is 0 Å². The summed E-state index contributed by atoms with van der Waals surface area (Å²) in [4.78, 5) is 2.35. The van der Waals surface area contributed by atoms with E-state index in [4.69, 9.17) is 4.74 Å². The first-order valence-corrected chi connectivity index (χ1v) is 5.92. The summed E-state index contributed by atoms with van der Waals surface area (Å²) in [6, 6.07) is 9.77. The number of hydrogen-bond acceptors (Lipinski definition) is 2. The van der Waals surface area contributed by atoms with Gasteiger partial charge in [0.05, 0.1) is 13.2 Å². The maximum Gasteiger partial charge on any atom is 0.0642 e. The zero-order valence-corrected chi connectivity index (χ0v) is 10.4.